The second-order valence-corrected chi connectivity index (χ2v) is 8.50. The fourth-order valence-electron chi connectivity index (χ4n) is 2.27. The first-order valence-electron chi connectivity index (χ1n) is 5.71. The smallest absolute Gasteiger partial charge is 0.390 e. The molecule has 0 radical (unpaired) electrons. The highest BCUT2D eigenvalue weighted by molar-refractivity contribution is 7.85. The van der Waals surface area contributed by atoms with Gasteiger partial charge in [0.05, 0.1) is 17.9 Å². The van der Waals surface area contributed by atoms with Crippen molar-refractivity contribution < 1.29 is 48.2 Å². The summed E-state index contributed by atoms with van der Waals surface area (Å²) in [5.41, 5.74) is 0. The van der Waals surface area contributed by atoms with Crippen LogP contribution in [0.1, 0.15) is 12.8 Å². The van der Waals surface area contributed by atoms with Gasteiger partial charge in [-0.15, -0.1) is 0 Å². The van der Waals surface area contributed by atoms with Crippen LogP contribution in [0.3, 0.4) is 0 Å². The quantitative estimate of drug-likeness (QED) is 0.304. The number of aliphatic hydroxyl groups excluding tert-OH is 1. The third-order valence-electron chi connectivity index (χ3n) is 3.02. The van der Waals surface area contributed by atoms with E-state index in [-0.39, 0.29) is 12.8 Å². The van der Waals surface area contributed by atoms with Gasteiger partial charge in [-0.3, -0.25) is 13.7 Å². The Bertz CT molecular complexity index is 696. The Hall–Kier alpha value is -0.390. The molecule has 0 heterocycles. The molecular weight excluding hydrogens is 370 g/mol. The summed E-state index contributed by atoms with van der Waals surface area (Å²) in [6.07, 6.45) is -4.09. The molecule has 0 aromatic carbocycles. The van der Waals surface area contributed by atoms with Gasteiger partial charge in [0.1, 0.15) is 6.10 Å². The lowest BCUT2D eigenvalue weighted by Crippen LogP contribution is -2.56. The highest BCUT2D eigenvalue weighted by Gasteiger charge is 2.44. The molecule has 132 valence electrons. The average Bonchev–Trinajstić information content (AvgIpc) is 2.22. The predicted octanol–water partition coefficient (Wildman–Crippen LogP) is -2.41. The van der Waals surface area contributed by atoms with Crippen LogP contribution < -0.4 is 4.72 Å². The molecule has 1 aliphatic rings. The van der Waals surface area contributed by atoms with Crippen molar-refractivity contribution in [3.05, 3.63) is 0 Å². The van der Waals surface area contributed by atoms with Crippen LogP contribution in [-0.2, 0) is 35.0 Å². The van der Waals surface area contributed by atoms with E-state index in [1.807, 2.05) is 0 Å². The maximum absolute atomic E-state index is 10.8. The second kappa shape index (κ2) is 6.62. The van der Waals surface area contributed by atoms with Crippen molar-refractivity contribution >= 4 is 30.8 Å². The summed E-state index contributed by atoms with van der Waals surface area (Å²) in [4.78, 5) is 0. The molecule has 0 aromatic rings. The lowest BCUT2D eigenvalue weighted by atomic mass is 9.83. The zero-order chi connectivity index (χ0) is 17.3. The SMILES string of the molecule is O=S(=O)(O)CC1CCC(NS(=O)(=O)O)[C@@H](OS(=O)(=O)O)[C@H]1O. The summed E-state index contributed by atoms with van der Waals surface area (Å²) in [6.45, 7) is 0. The molecule has 0 bridgehead atoms. The van der Waals surface area contributed by atoms with Gasteiger partial charge in [-0.2, -0.15) is 30.0 Å². The zero-order valence-electron chi connectivity index (χ0n) is 10.8. The van der Waals surface area contributed by atoms with E-state index in [1.165, 1.54) is 0 Å². The molecule has 0 aliphatic heterocycles. The maximum atomic E-state index is 10.8. The molecule has 5 N–H and O–H groups in total. The molecule has 15 heteroatoms. The molecule has 4 atom stereocenters. The third kappa shape index (κ3) is 6.80. The zero-order valence-corrected chi connectivity index (χ0v) is 13.3. The van der Waals surface area contributed by atoms with Crippen molar-refractivity contribution in [2.45, 2.75) is 31.1 Å². The van der Waals surface area contributed by atoms with Gasteiger partial charge in [-0.05, 0) is 12.8 Å². The second-order valence-electron chi connectivity index (χ2n) is 4.76. The number of hydrogen-bond acceptors (Lipinski definition) is 8. The summed E-state index contributed by atoms with van der Waals surface area (Å²) in [7, 11) is -14.4. The van der Waals surface area contributed by atoms with E-state index in [9.17, 15) is 30.4 Å². The number of hydrogen-bond donors (Lipinski definition) is 5. The summed E-state index contributed by atoms with van der Waals surface area (Å²) < 4.78 is 96.6. The van der Waals surface area contributed by atoms with Crippen LogP contribution in [0.15, 0.2) is 0 Å². The minimum atomic E-state index is -5.10. The molecule has 0 saturated heterocycles. The van der Waals surface area contributed by atoms with Crippen molar-refractivity contribution in [3.63, 3.8) is 0 Å². The van der Waals surface area contributed by atoms with Crippen molar-refractivity contribution in [1.82, 2.24) is 4.72 Å². The molecule has 12 nitrogen and oxygen atoms in total. The summed E-state index contributed by atoms with van der Waals surface area (Å²) in [6, 6.07) is -1.44. The average molecular weight is 385 g/mol. The monoisotopic (exact) mass is 385 g/mol. The lowest BCUT2D eigenvalue weighted by molar-refractivity contribution is -0.0405. The normalized spacial score (nSPS) is 31.1. The predicted molar refractivity (Wildman–Crippen MR) is 70.0 cm³/mol. The Morgan fingerprint density at radius 1 is 1.00 bits per heavy atom. The van der Waals surface area contributed by atoms with Crippen molar-refractivity contribution in [2.75, 3.05) is 5.75 Å². The first kappa shape index (κ1) is 19.7. The molecule has 0 spiro atoms. The van der Waals surface area contributed by atoms with E-state index in [4.69, 9.17) is 13.7 Å². The Morgan fingerprint density at radius 2 is 1.55 bits per heavy atom. The maximum Gasteiger partial charge on any atom is 0.397 e. The summed E-state index contributed by atoms with van der Waals surface area (Å²) >= 11 is 0. The van der Waals surface area contributed by atoms with E-state index in [1.54, 1.807) is 4.72 Å². The van der Waals surface area contributed by atoms with Crippen LogP contribution in [0, 0.1) is 5.92 Å². The number of rotatable bonds is 6. The van der Waals surface area contributed by atoms with Crippen LogP contribution in [0.2, 0.25) is 0 Å². The van der Waals surface area contributed by atoms with E-state index >= 15 is 0 Å². The molecule has 1 aliphatic carbocycles. The molecular formula is C7H15NO11S3. The van der Waals surface area contributed by atoms with Gasteiger partial charge < -0.3 is 5.11 Å². The van der Waals surface area contributed by atoms with Crippen LogP contribution in [0.4, 0.5) is 0 Å². The topological polar surface area (TPSA) is 205 Å². The summed E-state index contributed by atoms with van der Waals surface area (Å²) in [5, 5.41) is 9.93. The van der Waals surface area contributed by atoms with Crippen molar-refractivity contribution in [2.24, 2.45) is 5.92 Å². The van der Waals surface area contributed by atoms with Crippen LogP contribution >= 0.6 is 0 Å². The van der Waals surface area contributed by atoms with E-state index < -0.39 is 60.7 Å². The van der Waals surface area contributed by atoms with Crippen LogP contribution in [0.25, 0.3) is 0 Å². The van der Waals surface area contributed by atoms with E-state index in [0.29, 0.717) is 0 Å². The first-order chi connectivity index (χ1) is 9.68. The van der Waals surface area contributed by atoms with Crippen LogP contribution in [-0.4, -0.2) is 68.0 Å². The van der Waals surface area contributed by atoms with E-state index in [0.717, 1.165) is 0 Å². The Morgan fingerprint density at radius 3 is 1.95 bits per heavy atom. The highest BCUT2D eigenvalue weighted by Crippen LogP contribution is 2.29. The fourth-order valence-corrected chi connectivity index (χ4v) is 4.34. The first-order valence-corrected chi connectivity index (χ1v) is 10.1. The van der Waals surface area contributed by atoms with Gasteiger partial charge in [-0.25, -0.2) is 4.18 Å². The van der Waals surface area contributed by atoms with Gasteiger partial charge in [0.15, 0.2) is 0 Å². The Balaban J connectivity index is 3.04. The van der Waals surface area contributed by atoms with Gasteiger partial charge in [-0.1, -0.05) is 0 Å². The standard InChI is InChI=1S/C7H15NO11S3/c9-6-4(3-20(10,11)12)1-2-5(8-21(13,14)15)7(6)19-22(16,17)18/h4-9H,1-3H2,(H,10,11,12)(H,13,14,15)(H,16,17,18)/t4?,5?,6-,7+/m0/s1. The van der Waals surface area contributed by atoms with Crippen molar-refractivity contribution in [3.8, 4) is 0 Å². The minimum Gasteiger partial charge on any atom is -0.390 e. The van der Waals surface area contributed by atoms with Gasteiger partial charge in [0.2, 0.25) is 0 Å². The van der Waals surface area contributed by atoms with Crippen LogP contribution in [0.5, 0.6) is 0 Å². The molecule has 1 rings (SSSR count). The van der Waals surface area contributed by atoms with Gasteiger partial charge in [0.25, 0.3) is 10.1 Å². The Labute approximate surface area is 127 Å². The molecule has 2 unspecified atom stereocenters. The lowest BCUT2D eigenvalue weighted by Gasteiger charge is -2.38. The van der Waals surface area contributed by atoms with Gasteiger partial charge in [0, 0.05) is 5.92 Å². The molecule has 0 aromatic heterocycles. The molecule has 22 heavy (non-hydrogen) atoms. The van der Waals surface area contributed by atoms with E-state index in [2.05, 4.69) is 4.18 Å². The molecule has 1 fully saturated rings. The van der Waals surface area contributed by atoms with Gasteiger partial charge >= 0.3 is 20.7 Å². The molecule has 0 amide bonds. The number of nitrogens with one attached hydrogen (secondary N) is 1. The highest BCUT2D eigenvalue weighted by atomic mass is 32.3. The third-order valence-corrected chi connectivity index (χ3v) is 4.94. The molecule has 1 saturated carbocycles. The summed E-state index contributed by atoms with van der Waals surface area (Å²) in [5.74, 6) is -2.08. The minimum absolute atomic E-state index is 0.126. The fraction of sp³-hybridized carbons (Fsp3) is 1.00. The number of aliphatic hydroxyl groups is 1. The Kier molecular flexibility index (Phi) is 5.91. The largest absolute Gasteiger partial charge is 0.397 e. The van der Waals surface area contributed by atoms with Crippen molar-refractivity contribution in [1.29, 1.82) is 0 Å².